The van der Waals surface area contributed by atoms with Crippen LogP contribution in [0.1, 0.15) is 12.5 Å². The quantitative estimate of drug-likeness (QED) is 0.922. The highest BCUT2D eigenvalue weighted by atomic mass is 79.9. The zero-order valence-electron chi connectivity index (χ0n) is 10.9. The Morgan fingerprint density at radius 1 is 1.61 bits per heavy atom. The second kappa shape index (κ2) is 6.50. The van der Waals surface area contributed by atoms with Crippen molar-refractivity contribution in [3.63, 3.8) is 0 Å². The number of rotatable bonds is 4. The summed E-state index contributed by atoms with van der Waals surface area (Å²) in [6, 6.07) is 2.50. The lowest BCUT2D eigenvalue weighted by Gasteiger charge is -2.36. The molecule has 0 spiro atoms. The first-order chi connectivity index (χ1) is 8.72. The van der Waals surface area contributed by atoms with E-state index in [1.807, 2.05) is 6.20 Å². The molecule has 1 aliphatic heterocycles. The summed E-state index contributed by atoms with van der Waals surface area (Å²) in [5, 5.41) is 3.39. The molecule has 1 fully saturated rings. The molecule has 1 aromatic rings. The van der Waals surface area contributed by atoms with Crippen LogP contribution in [-0.2, 0) is 4.74 Å². The van der Waals surface area contributed by atoms with Crippen LogP contribution in [0.5, 0.6) is 0 Å². The minimum atomic E-state index is 0.367. The lowest BCUT2D eigenvalue weighted by atomic mass is 10.2. The third-order valence-electron chi connectivity index (χ3n) is 3.18. The van der Waals surface area contributed by atoms with Crippen LogP contribution in [0.25, 0.3) is 0 Å². The highest BCUT2D eigenvalue weighted by Gasteiger charge is 2.23. The number of aromatic nitrogens is 1. The van der Waals surface area contributed by atoms with Crippen molar-refractivity contribution >= 4 is 21.7 Å². The Labute approximate surface area is 117 Å². The molecule has 1 atom stereocenters. The molecule has 1 aromatic heterocycles. The highest BCUT2D eigenvalue weighted by Crippen LogP contribution is 2.22. The molecule has 1 saturated heterocycles. The number of likely N-dealkylation sites (N-methyl/N-ethyl adjacent to an activating group) is 1. The first kappa shape index (κ1) is 13.8. The lowest BCUT2D eigenvalue weighted by molar-refractivity contribution is 0.0935. The maximum absolute atomic E-state index is 5.57. The van der Waals surface area contributed by atoms with Crippen LogP contribution >= 0.6 is 15.9 Å². The van der Waals surface area contributed by atoms with Crippen molar-refractivity contribution in [1.82, 2.24) is 10.3 Å². The summed E-state index contributed by atoms with van der Waals surface area (Å²) in [4.78, 5) is 6.86. The van der Waals surface area contributed by atoms with E-state index >= 15 is 0 Å². The molecule has 1 aliphatic rings. The van der Waals surface area contributed by atoms with Gasteiger partial charge in [-0.3, -0.25) is 0 Å². The standard InChI is InChI=1S/C13H20BrN3O/c1-3-15-7-11-9-18-5-4-17(11)13-6-10(2)12(14)8-16-13/h6,8,11,15H,3-5,7,9H2,1-2H3. The number of hydrogen-bond acceptors (Lipinski definition) is 4. The van der Waals surface area contributed by atoms with Gasteiger partial charge in [0.05, 0.1) is 19.3 Å². The summed E-state index contributed by atoms with van der Waals surface area (Å²) in [6.07, 6.45) is 1.88. The molecule has 0 aromatic carbocycles. The van der Waals surface area contributed by atoms with E-state index in [1.54, 1.807) is 0 Å². The average molecular weight is 314 g/mol. The summed E-state index contributed by atoms with van der Waals surface area (Å²) < 4.78 is 6.62. The van der Waals surface area contributed by atoms with Crippen molar-refractivity contribution in [2.24, 2.45) is 0 Å². The molecule has 0 aliphatic carbocycles. The van der Waals surface area contributed by atoms with Crippen LogP contribution in [0.2, 0.25) is 0 Å². The van der Waals surface area contributed by atoms with Crippen LogP contribution in [0.4, 0.5) is 5.82 Å². The van der Waals surface area contributed by atoms with Crippen molar-refractivity contribution in [3.05, 3.63) is 22.3 Å². The van der Waals surface area contributed by atoms with Crippen molar-refractivity contribution in [3.8, 4) is 0 Å². The van der Waals surface area contributed by atoms with Gasteiger partial charge in [0.1, 0.15) is 5.82 Å². The fraction of sp³-hybridized carbons (Fsp3) is 0.615. The number of hydrogen-bond donors (Lipinski definition) is 1. The van der Waals surface area contributed by atoms with Crippen LogP contribution in [0.3, 0.4) is 0 Å². The average Bonchev–Trinajstić information content (AvgIpc) is 2.40. The van der Waals surface area contributed by atoms with Gasteiger partial charge in [0.15, 0.2) is 0 Å². The van der Waals surface area contributed by atoms with E-state index in [0.29, 0.717) is 6.04 Å². The molecule has 4 nitrogen and oxygen atoms in total. The summed E-state index contributed by atoms with van der Waals surface area (Å²) in [5.74, 6) is 1.04. The van der Waals surface area contributed by atoms with Crippen LogP contribution < -0.4 is 10.2 Å². The Bertz CT molecular complexity index is 400. The normalized spacial score (nSPS) is 20.2. The fourth-order valence-corrected chi connectivity index (χ4v) is 2.33. The number of halogens is 1. The van der Waals surface area contributed by atoms with E-state index in [0.717, 1.165) is 43.1 Å². The van der Waals surface area contributed by atoms with Crippen molar-refractivity contribution in [2.45, 2.75) is 19.9 Å². The van der Waals surface area contributed by atoms with Gasteiger partial charge in [-0.05, 0) is 41.0 Å². The first-order valence-electron chi connectivity index (χ1n) is 6.39. The fourth-order valence-electron chi connectivity index (χ4n) is 2.12. The molecule has 1 N–H and O–H groups in total. The number of morpholine rings is 1. The predicted molar refractivity (Wildman–Crippen MR) is 77.2 cm³/mol. The SMILES string of the molecule is CCNCC1COCCN1c1cc(C)c(Br)cn1. The predicted octanol–water partition coefficient (Wildman–Crippen LogP) is 1.97. The van der Waals surface area contributed by atoms with E-state index < -0.39 is 0 Å². The molecule has 100 valence electrons. The zero-order valence-corrected chi connectivity index (χ0v) is 12.5. The molecule has 0 radical (unpaired) electrons. The minimum Gasteiger partial charge on any atom is -0.377 e. The molecular formula is C13H20BrN3O. The molecule has 18 heavy (non-hydrogen) atoms. The van der Waals surface area contributed by atoms with E-state index in [9.17, 15) is 0 Å². The van der Waals surface area contributed by atoms with Gasteiger partial charge in [0, 0.05) is 23.8 Å². The van der Waals surface area contributed by atoms with E-state index in [2.05, 4.69) is 51.0 Å². The maximum atomic E-state index is 5.57. The number of nitrogens with zero attached hydrogens (tertiary/aromatic N) is 2. The number of pyridine rings is 1. The van der Waals surface area contributed by atoms with Crippen LogP contribution in [0, 0.1) is 6.92 Å². The Kier molecular flexibility index (Phi) is 4.97. The van der Waals surface area contributed by atoms with E-state index in [4.69, 9.17) is 4.74 Å². The molecule has 2 heterocycles. The van der Waals surface area contributed by atoms with E-state index in [-0.39, 0.29) is 0 Å². The second-order valence-corrected chi connectivity index (χ2v) is 5.38. The van der Waals surface area contributed by atoms with Gasteiger partial charge in [-0.25, -0.2) is 4.98 Å². The zero-order chi connectivity index (χ0) is 13.0. The topological polar surface area (TPSA) is 37.4 Å². The monoisotopic (exact) mass is 313 g/mol. The third-order valence-corrected chi connectivity index (χ3v) is 4.01. The Morgan fingerprint density at radius 3 is 3.17 bits per heavy atom. The van der Waals surface area contributed by atoms with Gasteiger partial charge >= 0.3 is 0 Å². The van der Waals surface area contributed by atoms with Crippen LogP contribution in [-0.4, -0.2) is 43.9 Å². The van der Waals surface area contributed by atoms with Crippen molar-refractivity contribution < 1.29 is 4.74 Å². The minimum absolute atomic E-state index is 0.367. The number of aryl methyl sites for hydroxylation is 1. The summed E-state index contributed by atoms with van der Waals surface area (Å²) in [5.41, 5.74) is 1.22. The molecule has 0 bridgehead atoms. The number of ether oxygens (including phenoxy) is 1. The Hall–Kier alpha value is -0.650. The molecular weight excluding hydrogens is 294 g/mol. The molecule has 1 unspecified atom stereocenters. The second-order valence-electron chi connectivity index (χ2n) is 4.52. The molecule has 2 rings (SSSR count). The Morgan fingerprint density at radius 2 is 2.44 bits per heavy atom. The molecule has 0 amide bonds. The highest BCUT2D eigenvalue weighted by molar-refractivity contribution is 9.10. The van der Waals surface area contributed by atoms with Crippen molar-refractivity contribution in [1.29, 1.82) is 0 Å². The van der Waals surface area contributed by atoms with E-state index in [1.165, 1.54) is 5.56 Å². The number of anilines is 1. The first-order valence-corrected chi connectivity index (χ1v) is 7.19. The number of nitrogens with one attached hydrogen (secondary N) is 1. The summed E-state index contributed by atoms with van der Waals surface area (Å²) in [6.45, 7) is 8.59. The smallest absolute Gasteiger partial charge is 0.129 e. The molecule has 0 saturated carbocycles. The summed E-state index contributed by atoms with van der Waals surface area (Å²) >= 11 is 3.49. The Balaban J connectivity index is 2.14. The van der Waals surface area contributed by atoms with Gasteiger partial charge in [-0.1, -0.05) is 6.92 Å². The maximum Gasteiger partial charge on any atom is 0.129 e. The van der Waals surface area contributed by atoms with Gasteiger partial charge in [-0.15, -0.1) is 0 Å². The van der Waals surface area contributed by atoms with Gasteiger partial charge in [0.2, 0.25) is 0 Å². The van der Waals surface area contributed by atoms with Gasteiger partial charge in [0.25, 0.3) is 0 Å². The summed E-state index contributed by atoms with van der Waals surface area (Å²) in [7, 11) is 0. The molecule has 5 heteroatoms. The third kappa shape index (κ3) is 3.22. The van der Waals surface area contributed by atoms with Gasteiger partial charge < -0.3 is 15.0 Å². The lowest BCUT2D eigenvalue weighted by Crippen LogP contribution is -2.51. The van der Waals surface area contributed by atoms with Crippen molar-refractivity contribution in [2.75, 3.05) is 37.7 Å². The largest absolute Gasteiger partial charge is 0.377 e. The van der Waals surface area contributed by atoms with Gasteiger partial charge in [-0.2, -0.15) is 0 Å². The van der Waals surface area contributed by atoms with Crippen LogP contribution in [0.15, 0.2) is 16.7 Å².